The van der Waals surface area contributed by atoms with E-state index in [0.717, 1.165) is 17.9 Å². The van der Waals surface area contributed by atoms with Gasteiger partial charge in [0.15, 0.2) is 5.96 Å². The number of guanidine groups is 1. The van der Waals surface area contributed by atoms with E-state index in [2.05, 4.69) is 41.4 Å². The summed E-state index contributed by atoms with van der Waals surface area (Å²) in [7, 11) is 0. The third-order valence-electron chi connectivity index (χ3n) is 3.70. The number of aromatic nitrogens is 1. The van der Waals surface area contributed by atoms with Gasteiger partial charge in [0, 0.05) is 18.5 Å². The van der Waals surface area contributed by atoms with Crippen molar-refractivity contribution in [3.8, 4) is 0 Å². The predicted molar refractivity (Wildman–Crippen MR) is 98.1 cm³/mol. The number of nitrogens with one attached hydrogen (secondary N) is 2. The van der Waals surface area contributed by atoms with Crippen LogP contribution in [0.2, 0.25) is 0 Å². The molecule has 0 aliphatic carbocycles. The minimum atomic E-state index is -0.444. The van der Waals surface area contributed by atoms with Crippen LogP contribution in [-0.4, -0.2) is 24.0 Å². The van der Waals surface area contributed by atoms with Gasteiger partial charge in [-0.3, -0.25) is 0 Å². The average molecular weight is 364 g/mol. The number of nitrogens with zero attached hydrogens (tertiary/aromatic N) is 2. The molecule has 0 spiro atoms. The highest BCUT2D eigenvalue weighted by atomic mass is 19.1. The van der Waals surface area contributed by atoms with Gasteiger partial charge in [0.2, 0.25) is 5.89 Å². The zero-order chi connectivity index (χ0) is 19.2. The van der Waals surface area contributed by atoms with Crippen molar-refractivity contribution in [3.05, 3.63) is 53.2 Å². The monoisotopic (exact) mass is 364 g/mol. The molecule has 26 heavy (non-hydrogen) atoms. The maximum Gasteiger partial charge on any atom is 0.216 e. The third kappa shape index (κ3) is 5.82. The van der Waals surface area contributed by atoms with Crippen LogP contribution >= 0.6 is 0 Å². The van der Waals surface area contributed by atoms with Gasteiger partial charge in [-0.15, -0.1) is 0 Å². The minimum Gasteiger partial charge on any atom is -0.443 e. The summed E-state index contributed by atoms with van der Waals surface area (Å²) in [5.74, 6) is 1.05. The Kier molecular flexibility index (Phi) is 6.71. The molecule has 0 amide bonds. The van der Waals surface area contributed by atoms with Gasteiger partial charge in [0.1, 0.15) is 23.9 Å². The fourth-order valence-corrected chi connectivity index (χ4v) is 2.27. The smallest absolute Gasteiger partial charge is 0.216 e. The van der Waals surface area contributed by atoms with Crippen LogP contribution in [0.5, 0.6) is 0 Å². The number of oxazole rings is 1. The van der Waals surface area contributed by atoms with Crippen LogP contribution in [-0.2, 0) is 18.4 Å². The lowest BCUT2D eigenvalue weighted by molar-refractivity contribution is 0.383. The lowest BCUT2D eigenvalue weighted by atomic mass is 9.94. The fourth-order valence-electron chi connectivity index (χ4n) is 2.27. The molecular formula is C19H26F2N4O. The molecule has 1 aromatic heterocycles. The molecular weight excluding hydrogens is 338 g/mol. The van der Waals surface area contributed by atoms with E-state index in [1.807, 2.05) is 6.92 Å². The second-order valence-electron chi connectivity index (χ2n) is 6.98. The molecule has 0 radical (unpaired) electrons. The first kappa shape index (κ1) is 19.9. The number of hydrogen-bond acceptors (Lipinski definition) is 3. The largest absolute Gasteiger partial charge is 0.443 e. The van der Waals surface area contributed by atoms with Gasteiger partial charge in [-0.25, -0.2) is 18.8 Å². The van der Waals surface area contributed by atoms with E-state index < -0.39 is 11.6 Å². The SMILES string of the molecule is CCNC(=NCc1ncc(C(C)(C)C)o1)NCCc1cc(F)ccc1F. The van der Waals surface area contributed by atoms with E-state index in [4.69, 9.17) is 4.42 Å². The molecule has 2 aromatic rings. The Bertz CT molecular complexity index is 750. The Labute approximate surface area is 152 Å². The number of aliphatic imine (C=N–C) groups is 1. The Morgan fingerprint density at radius 3 is 2.65 bits per heavy atom. The molecule has 2 N–H and O–H groups in total. The van der Waals surface area contributed by atoms with E-state index in [0.29, 0.717) is 43.5 Å². The molecule has 1 heterocycles. The highest BCUT2D eigenvalue weighted by Crippen LogP contribution is 2.22. The summed E-state index contributed by atoms with van der Waals surface area (Å²) in [5, 5.41) is 6.21. The van der Waals surface area contributed by atoms with Crippen molar-refractivity contribution in [1.82, 2.24) is 15.6 Å². The molecule has 0 atom stereocenters. The molecule has 0 aliphatic heterocycles. The molecule has 0 fully saturated rings. The number of halogens is 2. The van der Waals surface area contributed by atoms with Crippen LogP contribution < -0.4 is 10.6 Å². The standard InChI is InChI=1S/C19H26F2N4O/c1-5-22-18(23-9-8-13-10-14(20)6-7-15(13)21)25-12-17-24-11-16(26-17)19(2,3)4/h6-7,10-11H,5,8-9,12H2,1-4H3,(H2,22,23,25). The summed E-state index contributed by atoms with van der Waals surface area (Å²) in [5.41, 5.74) is 0.225. The topological polar surface area (TPSA) is 62.5 Å². The van der Waals surface area contributed by atoms with Gasteiger partial charge in [-0.2, -0.15) is 0 Å². The molecule has 0 saturated heterocycles. The maximum absolute atomic E-state index is 13.6. The first-order valence-electron chi connectivity index (χ1n) is 8.71. The predicted octanol–water partition coefficient (Wildman–Crippen LogP) is 3.55. The van der Waals surface area contributed by atoms with Gasteiger partial charge in [0.05, 0.1) is 6.20 Å². The van der Waals surface area contributed by atoms with Gasteiger partial charge >= 0.3 is 0 Å². The second-order valence-corrected chi connectivity index (χ2v) is 6.98. The first-order chi connectivity index (χ1) is 12.3. The van der Waals surface area contributed by atoms with Gasteiger partial charge in [0.25, 0.3) is 0 Å². The fraction of sp³-hybridized carbons (Fsp3) is 0.474. The summed E-state index contributed by atoms with van der Waals surface area (Å²) < 4.78 is 32.6. The van der Waals surface area contributed by atoms with Crippen molar-refractivity contribution in [2.24, 2.45) is 4.99 Å². The second kappa shape index (κ2) is 8.78. The molecule has 0 bridgehead atoms. The van der Waals surface area contributed by atoms with Crippen molar-refractivity contribution in [2.45, 2.75) is 46.1 Å². The lowest BCUT2D eigenvalue weighted by Crippen LogP contribution is -2.38. The summed E-state index contributed by atoms with van der Waals surface area (Å²) in [6.45, 7) is 9.50. The molecule has 0 saturated carbocycles. The molecule has 1 aromatic carbocycles. The van der Waals surface area contributed by atoms with Gasteiger partial charge in [-0.05, 0) is 37.1 Å². The third-order valence-corrected chi connectivity index (χ3v) is 3.70. The molecule has 2 rings (SSSR count). The van der Waals surface area contributed by atoms with Crippen molar-refractivity contribution in [1.29, 1.82) is 0 Å². The molecule has 142 valence electrons. The molecule has 5 nitrogen and oxygen atoms in total. The zero-order valence-corrected chi connectivity index (χ0v) is 15.7. The Morgan fingerprint density at radius 2 is 2.00 bits per heavy atom. The summed E-state index contributed by atoms with van der Waals surface area (Å²) >= 11 is 0. The number of hydrogen-bond donors (Lipinski definition) is 2. The van der Waals surface area contributed by atoms with Gasteiger partial charge in [-0.1, -0.05) is 20.8 Å². The zero-order valence-electron chi connectivity index (χ0n) is 15.7. The number of benzene rings is 1. The summed E-state index contributed by atoms with van der Waals surface area (Å²) in [4.78, 5) is 8.66. The molecule has 7 heteroatoms. The van der Waals surface area contributed by atoms with E-state index >= 15 is 0 Å². The highest BCUT2D eigenvalue weighted by molar-refractivity contribution is 5.79. The van der Waals surface area contributed by atoms with Crippen LogP contribution in [0.4, 0.5) is 8.78 Å². The van der Waals surface area contributed by atoms with E-state index in [1.54, 1.807) is 6.20 Å². The summed E-state index contributed by atoms with van der Waals surface area (Å²) in [6, 6.07) is 3.46. The van der Waals surface area contributed by atoms with Crippen molar-refractivity contribution in [2.75, 3.05) is 13.1 Å². The van der Waals surface area contributed by atoms with Crippen molar-refractivity contribution < 1.29 is 13.2 Å². The van der Waals surface area contributed by atoms with Crippen LogP contribution in [0.1, 0.15) is 44.9 Å². The Hall–Kier alpha value is -2.44. The van der Waals surface area contributed by atoms with Crippen LogP contribution in [0.3, 0.4) is 0 Å². The van der Waals surface area contributed by atoms with Crippen molar-refractivity contribution in [3.63, 3.8) is 0 Å². The highest BCUT2D eigenvalue weighted by Gasteiger charge is 2.19. The molecule has 0 unspecified atom stereocenters. The van der Waals surface area contributed by atoms with Crippen LogP contribution in [0.25, 0.3) is 0 Å². The quantitative estimate of drug-likeness (QED) is 0.608. The van der Waals surface area contributed by atoms with Crippen LogP contribution in [0, 0.1) is 11.6 Å². The van der Waals surface area contributed by atoms with E-state index in [-0.39, 0.29) is 5.41 Å². The first-order valence-corrected chi connectivity index (χ1v) is 8.71. The number of rotatable bonds is 6. The van der Waals surface area contributed by atoms with Crippen molar-refractivity contribution >= 4 is 5.96 Å². The maximum atomic E-state index is 13.6. The summed E-state index contributed by atoms with van der Waals surface area (Å²) in [6.07, 6.45) is 2.07. The van der Waals surface area contributed by atoms with Gasteiger partial charge < -0.3 is 15.1 Å². The average Bonchev–Trinajstić information content (AvgIpc) is 3.05. The van der Waals surface area contributed by atoms with E-state index in [1.165, 1.54) is 6.07 Å². The lowest BCUT2D eigenvalue weighted by Gasteiger charge is -2.13. The van der Waals surface area contributed by atoms with Crippen LogP contribution in [0.15, 0.2) is 33.8 Å². The molecule has 0 aliphatic rings. The Morgan fingerprint density at radius 1 is 1.23 bits per heavy atom. The van der Waals surface area contributed by atoms with E-state index in [9.17, 15) is 8.78 Å². The normalized spacial score (nSPS) is 12.3. The minimum absolute atomic E-state index is 0.104. The Balaban J connectivity index is 1.94.